The zero-order valence-corrected chi connectivity index (χ0v) is 13.7. The van der Waals surface area contributed by atoms with Crippen LogP contribution in [0.1, 0.15) is 31.6 Å². The number of aliphatic hydroxyl groups excluding tert-OH is 1. The molecule has 0 bridgehead atoms. The van der Waals surface area contributed by atoms with Crippen LogP contribution in [0.25, 0.3) is 0 Å². The lowest BCUT2D eigenvalue weighted by atomic mass is 9.96. The first-order valence-electron chi connectivity index (χ1n) is 7.60. The standard InChI is InChI=1S/C15H19N5O2S/c1-10(21)12-3-2-4-13(17-12)20-7-5-11(6-8-20)14(22)18-15-19-16-9-23-15/h2-4,9-11,21H,5-8H2,1H3,(H,18,19,22). The minimum Gasteiger partial charge on any atom is -0.387 e. The Balaban J connectivity index is 1.58. The molecule has 3 rings (SSSR count). The van der Waals surface area contributed by atoms with E-state index in [4.69, 9.17) is 0 Å². The number of aliphatic hydroxyl groups is 1. The number of piperidine rings is 1. The van der Waals surface area contributed by atoms with Crippen molar-refractivity contribution in [3.05, 3.63) is 29.4 Å². The van der Waals surface area contributed by atoms with Gasteiger partial charge >= 0.3 is 0 Å². The first-order valence-corrected chi connectivity index (χ1v) is 8.48. The molecule has 23 heavy (non-hydrogen) atoms. The van der Waals surface area contributed by atoms with E-state index in [1.807, 2.05) is 18.2 Å². The monoisotopic (exact) mass is 333 g/mol. The van der Waals surface area contributed by atoms with Crippen LogP contribution in [0, 0.1) is 5.92 Å². The summed E-state index contributed by atoms with van der Waals surface area (Å²) < 4.78 is 0. The Kier molecular flexibility index (Phi) is 4.82. The Morgan fingerprint density at radius 1 is 1.43 bits per heavy atom. The molecule has 2 aromatic rings. The number of rotatable bonds is 4. The van der Waals surface area contributed by atoms with E-state index in [-0.39, 0.29) is 11.8 Å². The van der Waals surface area contributed by atoms with Gasteiger partial charge in [-0.3, -0.25) is 4.79 Å². The average molecular weight is 333 g/mol. The third-order valence-corrected chi connectivity index (χ3v) is 4.57. The van der Waals surface area contributed by atoms with E-state index in [0.29, 0.717) is 10.8 Å². The topological polar surface area (TPSA) is 91.2 Å². The minimum absolute atomic E-state index is 0.00657. The van der Waals surface area contributed by atoms with Crippen LogP contribution in [-0.2, 0) is 4.79 Å². The number of carbonyl (C=O) groups is 1. The number of nitrogens with zero attached hydrogens (tertiary/aromatic N) is 4. The van der Waals surface area contributed by atoms with Crippen molar-refractivity contribution >= 4 is 28.2 Å². The number of pyridine rings is 1. The number of anilines is 2. The maximum Gasteiger partial charge on any atom is 0.229 e. The maximum absolute atomic E-state index is 12.2. The number of aromatic nitrogens is 3. The maximum atomic E-state index is 12.2. The molecule has 2 aromatic heterocycles. The molecule has 1 fully saturated rings. The predicted octanol–water partition coefficient (Wildman–Crippen LogP) is 1.84. The van der Waals surface area contributed by atoms with Crippen LogP contribution >= 0.6 is 11.3 Å². The smallest absolute Gasteiger partial charge is 0.229 e. The van der Waals surface area contributed by atoms with Crippen molar-refractivity contribution in [3.63, 3.8) is 0 Å². The number of hydrogen-bond donors (Lipinski definition) is 2. The molecule has 1 unspecified atom stereocenters. The van der Waals surface area contributed by atoms with Gasteiger partial charge in [-0.1, -0.05) is 17.4 Å². The summed E-state index contributed by atoms with van der Waals surface area (Å²) >= 11 is 1.32. The number of nitrogens with one attached hydrogen (secondary N) is 1. The van der Waals surface area contributed by atoms with Gasteiger partial charge in [-0.05, 0) is 31.9 Å². The molecule has 8 heteroatoms. The van der Waals surface area contributed by atoms with Gasteiger partial charge in [-0.2, -0.15) is 0 Å². The van der Waals surface area contributed by atoms with Crippen molar-refractivity contribution < 1.29 is 9.90 Å². The van der Waals surface area contributed by atoms with Crippen LogP contribution in [0.15, 0.2) is 23.7 Å². The van der Waals surface area contributed by atoms with Gasteiger partial charge in [0.25, 0.3) is 0 Å². The summed E-state index contributed by atoms with van der Waals surface area (Å²) in [7, 11) is 0. The Labute approximate surface area is 138 Å². The Hall–Kier alpha value is -2.06. The number of carbonyl (C=O) groups excluding carboxylic acids is 1. The van der Waals surface area contributed by atoms with Crippen LogP contribution in [0.4, 0.5) is 10.9 Å². The first-order chi connectivity index (χ1) is 11.1. The molecule has 0 saturated carbocycles. The molecule has 7 nitrogen and oxygen atoms in total. The van der Waals surface area contributed by atoms with Crippen molar-refractivity contribution in [1.29, 1.82) is 0 Å². The van der Waals surface area contributed by atoms with E-state index in [2.05, 4.69) is 25.4 Å². The number of hydrogen-bond acceptors (Lipinski definition) is 7. The van der Waals surface area contributed by atoms with E-state index in [9.17, 15) is 9.90 Å². The highest BCUT2D eigenvalue weighted by atomic mass is 32.1. The molecule has 3 heterocycles. The van der Waals surface area contributed by atoms with Crippen LogP contribution in [0.2, 0.25) is 0 Å². The molecule has 1 atom stereocenters. The summed E-state index contributed by atoms with van der Waals surface area (Å²) in [6.45, 7) is 3.24. The minimum atomic E-state index is -0.579. The van der Waals surface area contributed by atoms with E-state index >= 15 is 0 Å². The molecule has 1 aliphatic rings. The second kappa shape index (κ2) is 7.01. The lowest BCUT2D eigenvalue weighted by Crippen LogP contribution is -2.38. The third-order valence-electron chi connectivity index (χ3n) is 3.96. The molecule has 0 spiro atoms. The highest BCUT2D eigenvalue weighted by Gasteiger charge is 2.26. The quantitative estimate of drug-likeness (QED) is 0.887. The van der Waals surface area contributed by atoms with E-state index in [1.165, 1.54) is 11.3 Å². The first kappa shape index (κ1) is 15.8. The fourth-order valence-electron chi connectivity index (χ4n) is 2.65. The SMILES string of the molecule is CC(O)c1cccc(N2CCC(C(=O)Nc3nncs3)CC2)n1. The molecule has 1 aliphatic heterocycles. The van der Waals surface area contributed by atoms with Gasteiger partial charge in [-0.25, -0.2) is 4.98 Å². The normalized spacial score (nSPS) is 17.0. The van der Waals surface area contributed by atoms with Crippen molar-refractivity contribution in [2.24, 2.45) is 5.92 Å². The molecule has 0 aromatic carbocycles. The molecule has 2 N–H and O–H groups in total. The van der Waals surface area contributed by atoms with Gasteiger partial charge in [-0.15, -0.1) is 10.2 Å². The number of amides is 1. The fourth-order valence-corrected chi connectivity index (χ4v) is 3.10. The average Bonchev–Trinajstić information content (AvgIpc) is 3.08. The molecule has 0 radical (unpaired) electrons. The van der Waals surface area contributed by atoms with Gasteiger partial charge in [0.05, 0.1) is 11.8 Å². The second-order valence-electron chi connectivity index (χ2n) is 5.59. The lowest BCUT2D eigenvalue weighted by Gasteiger charge is -2.32. The highest BCUT2D eigenvalue weighted by molar-refractivity contribution is 7.13. The summed E-state index contributed by atoms with van der Waals surface area (Å²) in [5.41, 5.74) is 2.26. The van der Waals surface area contributed by atoms with Gasteiger partial charge in [0, 0.05) is 19.0 Å². The zero-order chi connectivity index (χ0) is 16.2. The Bertz CT molecular complexity index is 654. The van der Waals surface area contributed by atoms with E-state index in [0.717, 1.165) is 31.7 Å². The summed E-state index contributed by atoms with van der Waals surface area (Å²) in [6, 6.07) is 5.66. The van der Waals surface area contributed by atoms with Crippen LogP contribution in [-0.4, -0.2) is 39.3 Å². The van der Waals surface area contributed by atoms with Crippen LogP contribution in [0.5, 0.6) is 0 Å². The molecular weight excluding hydrogens is 314 g/mol. The second-order valence-corrected chi connectivity index (χ2v) is 6.42. The molecule has 1 saturated heterocycles. The molecule has 1 amide bonds. The summed E-state index contributed by atoms with van der Waals surface area (Å²) in [5, 5.41) is 20.5. The van der Waals surface area contributed by atoms with Gasteiger partial charge in [0.2, 0.25) is 11.0 Å². The zero-order valence-electron chi connectivity index (χ0n) is 12.8. The Morgan fingerprint density at radius 2 is 2.22 bits per heavy atom. The fraction of sp³-hybridized carbons (Fsp3) is 0.467. The van der Waals surface area contributed by atoms with E-state index in [1.54, 1.807) is 12.4 Å². The van der Waals surface area contributed by atoms with Crippen molar-refractivity contribution in [2.45, 2.75) is 25.9 Å². The molecule has 122 valence electrons. The molecule has 0 aliphatic carbocycles. The largest absolute Gasteiger partial charge is 0.387 e. The van der Waals surface area contributed by atoms with Gasteiger partial charge in [0.1, 0.15) is 11.3 Å². The highest BCUT2D eigenvalue weighted by Crippen LogP contribution is 2.24. The van der Waals surface area contributed by atoms with Crippen LogP contribution in [0.3, 0.4) is 0 Å². The van der Waals surface area contributed by atoms with Crippen LogP contribution < -0.4 is 10.2 Å². The Morgan fingerprint density at radius 3 is 2.87 bits per heavy atom. The predicted molar refractivity (Wildman–Crippen MR) is 88.3 cm³/mol. The van der Waals surface area contributed by atoms with Crippen molar-refractivity contribution in [2.75, 3.05) is 23.3 Å². The lowest BCUT2D eigenvalue weighted by molar-refractivity contribution is -0.120. The van der Waals surface area contributed by atoms with Gasteiger partial charge < -0.3 is 15.3 Å². The summed E-state index contributed by atoms with van der Waals surface area (Å²) in [6.07, 6.45) is 0.960. The third kappa shape index (κ3) is 3.83. The summed E-state index contributed by atoms with van der Waals surface area (Å²) in [5.74, 6) is 0.841. The van der Waals surface area contributed by atoms with E-state index < -0.39 is 6.10 Å². The van der Waals surface area contributed by atoms with Crippen molar-refractivity contribution in [1.82, 2.24) is 15.2 Å². The van der Waals surface area contributed by atoms with Gasteiger partial charge in [0.15, 0.2) is 0 Å². The van der Waals surface area contributed by atoms with Crippen molar-refractivity contribution in [3.8, 4) is 0 Å². The molecular formula is C15H19N5O2S. The summed E-state index contributed by atoms with van der Waals surface area (Å²) in [4.78, 5) is 18.9.